The van der Waals surface area contributed by atoms with E-state index in [0.29, 0.717) is 17.1 Å². The molecular weight excluding hydrogens is 304 g/mol. The van der Waals surface area contributed by atoms with Crippen LogP contribution in [0, 0.1) is 11.3 Å². The van der Waals surface area contributed by atoms with Crippen LogP contribution in [0.15, 0.2) is 36.7 Å². The fourth-order valence-electron chi connectivity index (χ4n) is 2.01. The first-order valence-corrected chi connectivity index (χ1v) is 7.60. The van der Waals surface area contributed by atoms with Crippen molar-refractivity contribution < 1.29 is 4.79 Å². The van der Waals surface area contributed by atoms with Gasteiger partial charge in [-0.3, -0.25) is 4.79 Å². The number of amides is 1. The predicted molar refractivity (Wildman–Crippen MR) is 92.8 cm³/mol. The first-order valence-electron chi connectivity index (χ1n) is 7.60. The molecule has 0 saturated heterocycles. The minimum absolute atomic E-state index is 0.219. The quantitative estimate of drug-likeness (QED) is 0.756. The van der Waals surface area contributed by atoms with E-state index in [9.17, 15) is 4.79 Å². The Bertz CT molecular complexity index is 721. The summed E-state index contributed by atoms with van der Waals surface area (Å²) in [5, 5.41) is 14.7. The van der Waals surface area contributed by atoms with Crippen molar-refractivity contribution in [2.75, 3.05) is 37.8 Å². The van der Waals surface area contributed by atoms with Crippen LogP contribution in [-0.2, 0) is 0 Å². The standard InChI is InChI=1S/C17H20N6O/c1-23(2)8-4-7-19-16-12-20-15(11-21-16)17(24)22-14-6-3-5-13(9-14)10-18/h3,5-6,9,11-12H,4,7-8H2,1-2H3,(H,19,21)(H,22,24). The predicted octanol–water partition coefficient (Wildman–Crippen LogP) is 1.96. The number of carbonyl (C=O) groups is 1. The fraction of sp³-hybridized carbons (Fsp3) is 0.294. The number of nitrogens with one attached hydrogen (secondary N) is 2. The van der Waals surface area contributed by atoms with Gasteiger partial charge in [0.05, 0.1) is 24.0 Å². The first-order chi connectivity index (χ1) is 11.6. The van der Waals surface area contributed by atoms with E-state index < -0.39 is 0 Å². The van der Waals surface area contributed by atoms with Gasteiger partial charge in [-0.2, -0.15) is 5.26 Å². The summed E-state index contributed by atoms with van der Waals surface area (Å²) in [6.45, 7) is 1.78. The van der Waals surface area contributed by atoms with Gasteiger partial charge in [-0.1, -0.05) is 6.07 Å². The van der Waals surface area contributed by atoms with Crippen molar-refractivity contribution in [1.82, 2.24) is 14.9 Å². The van der Waals surface area contributed by atoms with E-state index in [1.54, 1.807) is 24.3 Å². The Hall–Kier alpha value is -2.98. The molecule has 1 heterocycles. The van der Waals surface area contributed by atoms with E-state index >= 15 is 0 Å². The lowest BCUT2D eigenvalue weighted by molar-refractivity contribution is 0.102. The molecule has 7 nitrogen and oxygen atoms in total. The third-order valence-electron chi connectivity index (χ3n) is 3.22. The van der Waals surface area contributed by atoms with Crippen LogP contribution in [0.25, 0.3) is 0 Å². The molecule has 2 N–H and O–H groups in total. The van der Waals surface area contributed by atoms with Gasteiger partial charge in [0.2, 0.25) is 0 Å². The maximum absolute atomic E-state index is 12.1. The Morgan fingerprint density at radius 1 is 1.29 bits per heavy atom. The number of rotatable bonds is 7. The Kier molecular flexibility index (Phi) is 6.23. The lowest BCUT2D eigenvalue weighted by atomic mass is 10.2. The van der Waals surface area contributed by atoms with Crippen LogP contribution in [0.1, 0.15) is 22.5 Å². The summed E-state index contributed by atoms with van der Waals surface area (Å²) >= 11 is 0. The first kappa shape index (κ1) is 17.4. The molecule has 0 aliphatic rings. The zero-order valence-electron chi connectivity index (χ0n) is 13.8. The molecular formula is C17H20N6O. The van der Waals surface area contributed by atoms with Gasteiger partial charge in [0.1, 0.15) is 11.5 Å². The van der Waals surface area contributed by atoms with Gasteiger partial charge in [-0.15, -0.1) is 0 Å². The average Bonchev–Trinajstić information content (AvgIpc) is 2.59. The average molecular weight is 324 g/mol. The third-order valence-corrected chi connectivity index (χ3v) is 3.22. The zero-order chi connectivity index (χ0) is 17.4. The second kappa shape index (κ2) is 8.60. The van der Waals surface area contributed by atoms with Crippen LogP contribution < -0.4 is 10.6 Å². The molecule has 0 fully saturated rings. The van der Waals surface area contributed by atoms with E-state index in [1.807, 2.05) is 20.2 Å². The summed E-state index contributed by atoms with van der Waals surface area (Å²) in [6, 6.07) is 8.73. The molecule has 0 saturated carbocycles. The summed E-state index contributed by atoms with van der Waals surface area (Å²) < 4.78 is 0. The SMILES string of the molecule is CN(C)CCCNc1cnc(C(=O)Nc2cccc(C#N)c2)cn1. The number of carbonyl (C=O) groups excluding carboxylic acids is 1. The summed E-state index contributed by atoms with van der Waals surface area (Å²) in [5.74, 6) is 0.272. The van der Waals surface area contributed by atoms with Crippen LogP contribution in [-0.4, -0.2) is 48.0 Å². The maximum atomic E-state index is 12.1. The number of hydrogen-bond acceptors (Lipinski definition) is 6. The molecule has 1 amide bonds. The van der Waals surface area contributed by atoms with Gasteiger partial charge in [-0.05, 0) is 45.3 Å². The highest BCUT2D eigenvalue weighted by Crippen LogP contribution is 2.11. The van der Waals surface area contributed by atoms with Crippen LogP contribution in [0.2, 0.25) is 0 Å². The van der Waals surface area contributed by atoms with Gasteiger partial charge < -0.3 is 15.5 Å². The van der Waals surface area contributed by atoms with Gasteiger partial charge in [0, 0.05) is 12.2 Å². The summed E-state index contributed by atoms with van der Waals surface area (Å²) in [5.41, 5.74) is 1.25. The normalized spacial score (nSPS) is 10.2. The number of anilines is 2. The van der Waals surface area contributed by atoms with Crippen molar-refractivity contribution >= 4 is 17.4 Å². The van der Waals surface area contributed by atoms with Gasteiger partial charge in [0.25, 0.3) is 5.91 Å². The van der Waals surface area contributed by atoms with Crippen molar-refractivity contribution in [3.05, 3.63) is 47.9 Å². The van der Waals surface area contributed by atoms with Gasteiger partial charge in [0.15, 0.2) is 0 Å². The molecule has 124 valence electrons. The highest BCUT2D eigenvalue weighted by atomic mass is 16.1. The molecule has 2 aromatic rings. The van der Waals surface area contributed by atoms with E-state index in [4.69, 9.17) is 5.26 Å². The van der Waals surface area contributed by atoms with Gasteiger partial charge in [-0.25, -0.2) is 9.97 Å². The van der Waals surface area contributed by atoms with Crippen molar-refractivity contribution in [3.63, 3.8) is 0 Å². The molecule has 0 unspecified atom stereocenters. The van der Waals surface area contributed by atoms with E-state index in [0.717, 1.165) is 19.5 Å². The van der Waals surface area contributed by atoms with Crippen LogP contribution in [0.3, 0.4) is 0 Å². The molecule has 2 rings (SSSR count). The van der Waals surface area contributed by atoms with E-state index in [-0.39, 0.29) is 11.6 Å². The van der Waals surface area contributed by atoms with Crippen molar-refractivity contribution in [2.45, 2.75) is 6.42 Å². The second-order valence-corrected chi connectivity index (χ2v) is 5.52. The minimum Gasteiger partial charge on any atom is -0.369 e. The molecule has 0 spiro atoms. The van der Waals surface area contributed by atoms with Crippen molar-refractivity contribution in [2.24, 2.45) is 0 Å². The Labute approximate surface area is 141 Å². The summed E-state index contributed by atoms with van der Waals surface area (Å²) in [7, 11) is 4.05. The van der Waals surface area contributed by atoms with Crippen LogP contribution in [0.4, 0.5) is 11.5 Å². The third kappa shape index (κ3) is 5.34. The molecule has 7 heteroatoms. The van der Waals surface area contributed by atoms with E-state index in [1.165, 1.54) is 12.4 Å². The monoisotopic (exact) mass is 324 g/mol. The Morgan fingerprint density at radius 2 is 2.12 bits per heavy atom. The fourth-order valence-corrected chi connectivity index (χ4v) is 2.01. The molecule has 0 aliphatic carbocycles. The molecule has 1 aromatic heterocycles. The van der Waals surface area contributed by atoms with Crippen molar-refractivity contribution in [3.8, 4) is 6.07 Å². The lowest BCUT2D eigenvalue weighted by Gasteiger charge is -2.10. The van der Waals surface area contributed by atoms with Crippen molar-refractivity contribution in [1.29, 1.82) is 5.26 Å². The maximum Gasteiger partial charge on any atom is 0.275 e. The number of hydrogen-bond donors (Lipinski definition) is 2. The zero-order valence-corrected chi connectivity index (χ0v) is 13.8. The minimum atomic E-state index is -0.364. The Balaban J connectivity index is 1.90. The topological polar surface area (TPSA) is 93.9 Å². The van der Waals surface area contributed by atoms with E-state index in [2.05, 4.69) is 25.5 Å². The van der Waals surface area contributed by atoms with Crippen LogP contribution >= 0.6 is 0 Å². The molecule has 0 atom stereocenters. The highest BCUT2D eigenvalue weighted by molar-refractivity contribution is 6.02. The number of nitriles is 1. The largest absolute Gasteiger partial charge is 0.369 e. The highest BCUT2D eigenvalue weighted by Gasteiger charge is 2.09. The smallest absolute Gasteiger partial charge is 0.275 e. The molecule has 0 bridgehead atoms. The number of benzene rings is 1. The summed E-state index contributed by atoms with van der Waals surface area (Å²) in [4.78, 5) is 22.6. The Morgan fingerprint density at radius 3 is 2.79 bits per heavy atom. The second-order valence-electron chi connectivity index (χ2n) is 5.52. The molecule has 1 aromatic carbocycles. The number of aromatic nitrogens is 2. The number of nitrogens with zero attached hydrogens (tertiary/aromatic N) is 4. The molecule has 0 radical (unpaired) electrons. The molecule has 0 aliphatic heterocycles. The summed E-state index contributed by atoms with van der Waals surface area (Å²) in [6.07, 6.45) is 3.96. The van der Waals surface area contributed by atoms with Crippen LogP contribution in [0.5, 0.6) is 0 Å². The van der Waals surface area contributed by atoms with Gasteiger partial charge >= 0.3 is 0 Å². The lowest BCUT2D eigenvalue weighted by Crippen LogP contribution is -2.17. The molecule has 24 heavy (non-hydrogen) atoms.